The molecular formula is C9H8BrF. The van der Waals surface area contributed by atoms with E-state index in [4.69, 9.17) is 0 Å². The molecule has 0 aliphatic rings. The van der Waals surface area contributed by atoms with E-state index >= 15 is 0 Å². The Bertz CT molecular complexity index is 279. The van der Waals surface area contributed by atoms with Gasteiger partial charge in [-0.05, 0) is 30.7 Å². The lowest BCUT2D eigenvalue weighted by molar-refractivity contribution is 0.627. The van der Waals surface area contributed by atoms with Crippen LogP contribution in [0.25, 0.3) is 6.08 Å². The molecule has 1 aromatic rings. The fraction of sp³-hybridized carbons (Fsp3) is 0.111. The molecule has 0 spiro atoms. The summed E-state index contributed by atoms with van der Waals surface area (Å²) in [6.45, 7) is 1.90. The maximum atomic E-state index is 12.6. The Balaban J connectivity index is 3.12. The Morgan fingerprint density at radius 3 is 2.82 bits per heavy atom. The van der Waals surface area contributed by atoms with E-state index in [0.29, 0.717) is 0 Å². The van der Waals surface area contributed by atoms with E-state index in [2.05, 4.69) is 15.9 Å². The first-order chi connectivity index (χ1) is 5.24. The van der Waals surface area contributed by atoms with Gasteiger partial charge in [-0.2, -0.15) is 0 Å². The molecule has 0 unspecified atom stereocenters. The van der Waals surface area contributed by atoms with Crippen molar-refractivity contribution in [1.29, 1.82) is 0 Å². The normalized spacial score (nSPS) is 10.8. The van der Waals surface area contributed by atoms with Gasteiger partial charge >= 0.3 is 0 Å². The molecule has 2 heteroatoms. The van der Waals surface area contributed by atoms with Crippen LogP contribution < -0.4 is 0 Å². The number of hydrogen-bond donors (Lipinski definition) is 0. The largest absolute Gasteiger partial charge is 0.207 e. The van der Waals surface area contributed by atoms with Crippen LogP contribution in [0, 0.1) is 5.82 Å². The molecule has 0 fully saturated rings. The van der Waals surface area contributed by atoms with Gasteiger partial charge in [-0.25, -0.2) is 4.39 Å². The highest BCUT2D eigenvalue weighted by Gasteiger charge is 1.96. The zero-order valence-corrected chi connectivity index (χ0v) is 7.73. The summed E-state index contributed by atoms with van der Waals surface area (Å²) >= 11 is 3.31. The van der Waals surface area contributed by atoms with Crippen molar-refractivity contribution in [3.05, 3.63) is 40.1 Å². The van der Waals surface area contributed by atoms with Crippen molar-refractivity contribution >= 4 is 22.0 Å². The van der Waals surface area contributed by atoms with Gasteiger partial charge in [-0.15, -0.1) is 0 Å². The summed E-state index contributed by atoms with van der Waals surface area (Å²) in [5.41, 5.74) is 0.868. The number of rotatable bonds is 1. The van der Waals surface area contributed by atoms with E-state index in [-0.39, 0.29) is 5.82 Å². The fourth-order valence-corrected chi connectivity index (χ4v) is 1.20. The third kappa shape index (κ3) is 2.15. The quantitative estimate of drug-likeness (QED) is 0.671. The van der Waals surface area contributed by atoms with Gasteiger partial charge in [0.1, 0.15) is 5.82 Å². The second kappa shape index (κ2) is 3.67. The van der Waals surface area contributed by atoms with Crippen LogP contribution in [0.5, 0.6) is 0 Å². The molecule has 0 bridgehead atoms. The lowest BCUT2D eigenvalue weighted by Gasteiger charge is -1.96. The zero-order valence-electron chi connectivity index (χ0n) is 6.14. The van der Waals surface area contributed by atoms with Crippen LogP contribution in [0.1, 0.15) is 12.5 Å². The number of benzene rings is 1. The van der Waals surface area contributed by atoms with Gasteiger partial charge in [-0.3, -0.25) is 0 Å². The van der Waals surface area contributed by atoms with E-state index in [1.165, 1.54) is 12.1 Å². The predicted octanol–water partition coefficient (Wildman–Crippen LogP) is 3.62. The van der Waals surface area contributed by atoms with E-state index in [9.17, 15) is 4.39 Å². The molecule has 0 aliphatic heterocycles. The minimum absolute atomic E-state index is 0.207. The Labute approximate surface area is 73.9 Å². The van der Waals surface area contributed by atoms with Crippen molar-refractivity contribution in [2.45, 2.75) is 6.92 Å². The van der Waals surface area contributed by atoms with Crippen molar-refractivity contribution in [3.63, 3.8) is 0 Å². The number of hydrogen-bond acceptors (Lipinski definition) is 0. The van der Waals surface area contributed by atoms with Crippen LogP contribution in [-0.2, 0) is 0 Å². The van der Waals surface area contributed by atoms with E-state index in [1.807, 2.05) is 19.1 Å². The lowest BCUT2D eigenvalue weighted by Crippen LogP contribution is -1.78. The first-order valence-corrected chi connectivity index (χ1v) is 4.11. The van der Waals surface area contributed by atoms with Crippen molar-refractivity contribution in [1.82, 2.24) is 0 Å². The molecule has 0 amide bonds. The van der Waals surface area contributed by atoms with E-state index in [1.54, 1.807) is 6.07 Å². The Morgan fingerprint density at radius 2 is 2.18 bits per heavy atom. The second-order valence-electron chi connectivity index (χ2n) is 2.17. The van der Waals surface area contributed by atoms with Crippen LogP contribution in [0.4, 0.5) is 4.39 Å². The Kier molecular flexibility index (Phi) is 2.83. The van der Waals surface area contributed by atoms with Crippen molar-refractivity contribution in [2.24, 2.45) is 0 Å². The molecule has 11 heavy (non-hydrogen) atoms. The van der Waals surface area contributed by atoms with Gasteiger partial charge in [0.25, 0.3) is 0 Å². The molecule has 0 radical (unpaired) electrons. The standard InChI is InChI=1S/C9H8BrF/c1-2-3-7-6-8(11)4-5-9(7)10/h2-6H,1H3/b3-2+. The summed E-state index contributed by atoms with van der Waals surface area (Å²) < 4.78 is 13.5. The highest BCUT2D eigenvalue weighted by Crippen LogP contribution is 2.18. The topological polar surface area (TPSA) is 0 Å². The van der Waals surface area contributed by atoms with Crippen LogP contribution in [0.15, 0.2) is 28.7 Å². The molecule has 0 aliphatic carbocycles. The van der Waals surface area contributed by atoms with Gasteiger partial charge in [0, 0.05) is 4.47 Å². The molecule has 1 rings (SSSR count). The predicted molar refractivity (Wildman–Crippen MR) is 48.8 cm³/mol. The molecule has 0 saturated carbocycles. The zero-order chi connectivity index (χ0) is 8.27. The summed E-state index contributed by atoms with van der Waals surface area (Å²) in [6.07, 6.45) is 3.73. The summed E-state index contributed by atoms with van der Waals surface area (Å²) in [5, 5.41) is 0. The van der Waals surface area contributed by atoms with E-state index < -0.39 is 0 Å². The van der Waals surface area contributed by atoms with Gasteiger partial charge < -0.3 is 0 Å². The van der Waals surface area contributed by atoms with Gasteiger partial charge in [0.05, 0.1) is 0 Å². The average molecular weight is 215 g/mol. The summed E-state index contributed by atoms with van der Waals surface area (Å²) in [7, 11) is 0. The highest BCUT2D eigenvalue weighted by molar-refractivity contribution is 9.10. The second-order valence-corrected chi connectivity index (χ2v) is 3.02. The third-order valence-corrected chi connectivity index (χ3v) is 2.03. The van der Waals surface area contributed by atoms with Crippen LogP contribution >= 0.6 is 15.9 Å². The fourth-order valence-electron chi connectivity index (χ4n) is 0.822. The molecular weight excluding hydrogens is 207 g/mol. The van der Waals surface area contributed by atoms with Crippen molar-refractivity contribution in [3.8, 4) is 0 Å². The lowest BCUT2D eigenvalue weighted by atomic mass is 10.2. The maximum absolute atomic E-state index is 12.6. The number of halogens is 2. The molecule has 0 heterocycles. The molecule has 0 atom stereocenters. The smallest absolute Gasteiger partial charge is 0.123 e. The molecule has 1 aromatic carbocycles. The molecule has 0 nitrogen and oxygen atoms in total. The summed E-state index contributed by atoms with van der Waals surface area (Å²) in [4.78, 5) is 0. The van der Waals surface area contributed by atoms with Gasteiger partial charge in [0.2, 0.25) is 0 Å². The SMILES string of the molecule is C/C=C/c1cc(F)ccc1Br. The minimum Gasteiger partial charge on any atom is -0.207 e. The maximum Gasteiger partial charge on any atom is 0.123 e. The van der Waals surface area contributed by atoms with Gasteiger partial charge in [0.15, 0.2) is 0 Å². The molecule has 0 saturated heterocycles. The summed E-state index contributed by atoms with van der Waals surface area (Å²) in [6, 6.07) is 4.62. The van der Waals surface area contributed by atoms with Crippen LogP contribution in [0.3, 0.4) is 0 Å². The van der Waals surface area contributed by atoms with Crippen LogP contribution in [0.2, 0.25) is 0 Å². The molecule has 0 N–H and O–H groups in total. The Morgan fingerprint density at radius 1 is 1.45 bits per heavy atom. The van der Waals surface area contributed by atoms with Gasteiger partial charge in [-0.1, -0.05) is 28.1 Å². The third-order valence-electron chi connectivity index (χ3n) is 1.30. The Hall–Kier alpha value is -0.630. The first-order valence-electron chi connectivity index (χ1n) is 3.32. The van der Waals surface area contributed by atoms with Crippen molar-refractivity contribution in [2.75, 3.05) is 0 Å². The summed E-state index contributed by atoms with van der Waals surface area (Å²) in [5.74, 6) is -0.207. The molecule has 0 aromatic heterocycles. The highest BCUT2D eigenvalue weighted by atomic mass is 79.9. The molecule has 58 valence electrons. The van der Waals surface area contributed by atoms with Crippen LogP contribution in [-0.4, -0.2) is 0 Å². The number of allylic oxidation sites excluding steroid dienone is 1. The first kappa shape index (κ1) is 8.47. The van der Waals surface area contributed by atoms with E-state index in [0.717, 1.165) is 10.0 Å². The van der Waals surface area contributed by atoms with Crippen molar-refractivity contribution < 1.29 is 4.39 Å². The average Bonchev–Trinajstić information content (AvgIpc) is 1.98. The minimum atomic E-state index is -0.207. The monoisotopic (exact) mass is 214 g/mol.